The van der Waals surface area contributed by atoms with Gasteiger partial charge in [-0.1, -0.05) is 68.3 Å². The van der Waals surface area contributed by atoms with Gasteiger partial charge in [-0.15, -0.1) is 0 Å². The predicted molar refractivity (Wildman–Crippen MR) is 121 cm³/mol. The summed E-state index contributed by atoms with van der Waals surface area (Å²) in [6.45, 7) is 0. The van der Waals surface area contributed by atoms with E-state index >= 15 is 0 Å². The first-order valence-electron chi connectivity index (χ1n) is 9.49. The van der Waals surface area contributed by atoms with Crippen LogP contribution in [-0.4, -0.2) is 24.1 Å². The number of fused-ring (bicyclic) bond motifs is 1. The molecule has 0 heterocycles. The number of halogens is 2. The van der Waals surface area contributed by atoms with Gasteiger partial charge in [0.2, 0.25) is 0 Å². The molecule has 0 N–H and O–H groups in total. The van der Waals surface area contributed by atoms with E-state index in [1.165, 1.54) is 0 Å². The number of benzene rings is 3. The highest BCUT2D eigenvalue weighted by Crippen LogP contribution is 2.27. The van der Waals surface area contributed by atoms with Crippen LogP contribution in [0.5, 0.6) is 0 Å². The monoisotopic (exact) mass is 528 g/mol. The van der Waals surface area contributed by atoms with Crippen LogP contribution in [0.3, 0.4) is 0 Å². The Morgan fingerprint density at radius 3 is 1.50 bits per heavy atom. The minimum absolute atomic E-state index is 0.441. The smallest absolute Gasteiger partial charge is 0.338 e. The van der Waals surface area contributed by atoms with Crippen LogP contribution in [0.2, 0.25) is 0 Å². The van der Waals surface area contributed by atoms with Gasteiger partial charge in [-0.2, -0.15) is 0 Å². The lowest BCUT2D eigenvalue weighted by molar-refractivity contribution is -0.0389. The normalized spacial score (nSPS) is 17.7. The van der Waals surface area contributed by atoms with Crippen LogP contribution in [0.15, 0.2) is 81.7 Å². The zero-order chi connectivity index (χ0) is 21.1. The lowest BCUT2D eigenvalue weighted by atomic mass is 9.87. The molecule has 0 saturated heterocycles. The van der Waals surface area contributed by atoms with E-state index in [1.54, 1.807) is 36.4 Å². The largest absolute Gasteiger partial charge is 0.454 e. The Bertz CT molecular complexity index is 1010. The van der Waals surface area contributed by atoms with Crippen molar-refractivity contribution >= 4 is 43.8 Å². The number of hydrogen-bond acceptors (Lipinski definition) is 4. The van der Waals surface area contributed by atoms with E-state index in [0.717, 1.165) is 20.1 Å². The third-order valence-corrected chi connectivity index (χ3v) is 6.00. The molecule has 2 atom stereocenters. The molecule has 0 unspecified atom stereocenters. The minimum atomic E-state index is -0.567. The summed E-state index contributed by atoms with van der Waals surface area (Å²) in [5.41, 5.74) is 3.08. The fraction of sp³-hybridized carbons (Fsp3) is 0.167. The van der Waals surface area contributed by atoms with Crippen LogP contribution >= 0.6 is 31.9 Å². The third kappa shape index (κ3) is 4.82. The summed E-state index contributed by atoms with van der Waals surface area (Å²) < 4.78 is 13.2. The Morgan fingerprint density at radius 2 is 1.10 bits per heavy atom. The molecule has 0 aromatic heterocycles. The van der Waals surface area contributed by atoms with Crippen molar-refractivity contribution in [2.75, 3.05) is 0 Å². The van der Waals surface area contributed by atoms with Crippen molar-refractivity contribution < 1.29 is 19.1 Å². The van der Waals surface area contributed by atoms with E-state index in [1.807, 2.05) is 36.4 Å². The Kier molecular flexibility index (Phi) is 6.35. The summed E-state index contributed by atoms with van der Waals surface area (Å²) in [7, 11) is 0. The molecule has 3 aromatic rings. The third-order valence-electron chi connectivity index (χ3n) is 5.01. The summed E-state index contributed by atoms with van der Waals surface area (Å²) in [5, 5.41) is 0. The highest BCUT2D eigenvalue weighted by Gasteiger charge is 2.34. The fourth-order valence-electron chi connectivity index (χ4n) is 3.53. The second kappa shape index (κ2) is 9.14. The van der Waals surface area contributed by atoms with Gasteiger partial charge < -0.3 is 9.47 Å². The van der Waals surface area contributed by atoms with E-state index in [-0.39, 0.29) is 0 Å². The molecule has 1 aliphatic carbocycles. The Labute approximate surface area is 191 Å². The molecular weight excluding hydrogens is 512 g/mol. The molecule has 4 rings (SSSR count). The standard InChI is InChI=1S/C24H18Br2O4/c25-19-9-3-7-17(11-19)23(27)29-21-13-15-5-1-2-6-16(15)14-22(21)30-24(28)18-8-4-10-20(26)12-18/h1-12,21-22H,13-14H2/t21-,22+. The fourth-order valence-corrected chi connectivity index (χ4v) is 4.33. The molecule has 0 bridgehead atoms. The van der Waals surface area contributed by atoms with Gasteiger partial charge in [-0.3, -0.25) is 0 Å². The van der Waals surface area contributed by atoms with Crippen LogP contribution < -0.4 is 0 Å². The van der Waals surface area contributed by atoms with Gasteiger partial charge in [0.1, 0.15) is 12.2 Å². The lowest BCUT2D eigenvalue weighted by Gasteiger charge is -2.32. The summed E-state index contributed by atoms with van der Waals surface area (Å²) in [6, 6.07) is 22.0. The molecular formula is C24H18Br2O4. The van der Waals surface area contributed by atoms with Gasteiger partial charge in [0.25, 0.3) is 0 Å². The summed E-state index contributed by atoms with van der Waals surface area (Å²) in [5.74, 6) is -0.881. The van der Waals surface area contributed by atoms with Gasteiger partial charge in [0, 0.05) is 21.8 Å². The number of rotatable bonds is 4. The highest BCUT2D eigenvalue weighted by molar-refractivity contribution is 9.10. The molecule has 152 valence electrons. The second-order valence-corrected chi connectivity index (χ2v) is 8.92. The molecule has 0 spiro atoms. The number of ether oxygens (including phenoxy) is 2. The van der Waals surface area contributed by atoms with Crippen molar-refractivity contribution in [2.45, 2.75) is 25.0 Å². The van der Waals surface area contributed by atoms with Crippen molar-refractivity contribution in [2.24, 2.45) is 0 Å². The van der Waals surface area contributed by atoms with E-state index in [0.29, 0.717) is 24.0 Å². The molecule has 0 saturated carbocycles. The first-order chi connectivity index (χ1) is 14.5. The first kappa shape index (κ1) is 20.8. The molecule has 6 heteroatoms. The number of hydrogen-bond donors (Lipinski definition) is 0. The molecule has 1 aliphatic rings. The van der Waals surface area contributed by atoms with E-state index in [4.69, 9.17) is 9.47 Å². The SMILES string of the molecule is O=C(O[C@H]1Cc2ccccc2C[C@H]1OC(=O)c1cccc(Br)c1)c1cccc(Br)c1. The van der Waals surface area contributed by atoms with E-state index < -0.39 is 24.1 Å². The first-order valence-corrected chi connectivity index (χ1v) is 11.1. The predicted octanol–water partition coefficient (Wildman–Crippen LogP) is 5.76. The molecule has 4 nitrogen and oxygen atoms in total. The molecule has 30 heavy (non-hydrogen) atoms. The molecule has 3 aromatic carbocycles. The summed E-state index contributed by atoms with van der Waals surface area (Å²) >= 11 is 6.74. The van der Waals surface area contributed by atoms with Gasteiger partial charge >= 0.3 is 11.9 Å². The summed E-state index contributed by atoms with van der Waals surface area (Å²) in [6.07, 6.45) is -0.149. The molecule has 0 fully saturated rings. The zero-order valence-electron chi connectivity index (χ0n) is 15.9. The Balaban J connectivity index is 1.57. The van der Waals surface area contributed by atoms with Crippen molar-refractivity contribution in [1.82, 2.24) is 0 Å². The Morgan fingerprint density at radius 1 is 0.667 bits per heavy atom. The average Bonchev–Trinajstić information content (AvgIpc) is 2.74. The van der Waals surface area contributed by atoms with Gasteiger partial charge in [0.05, 0.1) is 11.1 Å². The van der Waals surface area contributed by atoms with Gasteiger partial charge in [-0.05, 0) is 47.5 Å². The number of esters is 2. The van der Waals surface area contributed by atoms with Crippen LogP contribution in [0.25, 0.3) is 0 Å². The average molecular weight is 530 g/mol. The molecule has 0 radical (unpaired) electrons. The van der Waals surface area contributed by atoms with Crippen molar-refractivity contribution in [3.63, 3.8) is 0 Å². The minimum Gasteiger partial charge on any atom is -0.454 e. The van der Waals surface area contributed by atoms with Gasteiger partial charge in [-0.25, -0.2) is 9.59 Å². The maximum Gasteiger partial charge on any atom is 0.338 e. The quantitative estimate of drug-likeness (QED) is 0.403. The maximum atomic E-state index is 12.7. The molecule has 0 aliphatic heterocycles. The van der Waals surface area contributed by atoms with Crippen molar-refractivity contribution in [3.8, 4) is 0 Å². The van der Waals surface area contributed by atoms with Gasteiger partial charge in [0.15, 0.2) is 0 Å². The van der Waals surface area contributed by atoms with Crippen LogP contribution in [-0.2, 0) is 22.3 Å². The van der Waals surface area contributed by atoms with E-state index in [2.05, 4.69) is 31.9 Å². The van der Waals surface area contributed by atoms with Crippen LogP contribution in [0.1, 0.15) is 31.8 Å². The zero-order valence-corrected chi connectivity index (χ0v) is 19.1. The molecule has 0 amide bonds. The second-order valence-electron chi connectivity index (χ2n) is 7.09. The van der Waals surface area contributed by atoms with E-state index in [9.17, 15) is 9.59 Å². The summed E-state index contributed by atoms with van der Waals surface area (Å²) in [4.78, 5) is 25.5. The Hall–Kier alpha value is -2.44. The van der Waals surface area contributed by atoms with Crippen LogP contribution in [0.4, 0.5) is 0 Å². The number of carbonyl (C=O) groups excluding carboxylic acids is 2. The maximum absolute atomic E-state index is 12.7. The van der Waals surface area contributed by atoms with Crippen molar-refractivity contribution in [3.05, 3.63) is 104 Å². The highest BCUT2D eigenvalue weighted by atomic mass is 79.9. The van der Waals surface area contributed by atoms with Crippen LogP contribution in [0, 0.1) is 0 Å². The topological polar surface area (TPSA) is 52.6 Å². The van der Waals surface area contributed by atoms with Crippen molar-refractivity contribution in [1.29, 1.82) is 0 Å². The lowest BCUT2D eigenvalue weighted by Crippen LogP contribution is -2.41. The number of carbonyl (C=O) groups is 2.